The van der Waals surface area contributed by atoms with Gasteiger partial charge in [-0.05, 0) is 58.2 Å². The quantitative estimate of drug-likeness (QED) is 0.861. The molecule has 112 valence electrons. The Hall–Kier alpha value is -1.59. The molecule has 5 heteroatoms. The summed E-state index contributed by atoms with van der Waals surface area (Å²) in [5.41, 5.74) is 7.24. The summed E-state index contributed by atoms with van der Waals surface area (Å²) in [6.07, 6.45) is 0.583. The van der Waals surface area contributed by atoms with E-state index in [9.17, 15) is 4.39 Å². The Balaban J connectivity index is 2.14. The van der Waals surface area contributed by atoms with Crippen LogP contribution in [-0.2, 0) is 13.0 Å². The molecule has 2 rings (SSSR count). The molecule has 0 radical (unpaired) electrons. The average Bonchev–Trinajstić information content (AvgIpc) is 2.47. The Kier molecular flexibility index (Phi) is 5.59. The summed E-state index contributed by atoms with van der Waals surface area (Å²) < 4.78 is 25.5. The molecule has 3 nitrogen and oxygen atoms in total. The van der Waals surface area contributed by atoms with Crippen LogP contribution in [0.3, 0.4) is 0 Å². The summed E-state index contributed by atoms with van der Waals surface area (Å²) >= 11 is 3.42. The number of methoxy groups -OCH3 is 1. The molecule has 0 atom stereocenters. The van der Waals surface area contributed by atoms with Crippen molar-refractivity contribution in [3.63, 3.8) is 0 Å². The van der Waals surface area contributed by atoms with Crippen molar-refractivity contribution in [3.8, 4) is 11.5 Å². The molecule has 2 N–H and O–H groups in total. The van der Waals surface area contributed by atoms with Gasteiger partial charge in [0, 0.05) is 0 Å². The highest BCUT2D eigenvalue weighted by Gasteiger charge is 2.10. The first-order valence-electron chi connectivity index (χ1n) is 6.58. The molecule has 0 aliphatic heterocycles. The Bertz CT molecular complexity index is 619. The van der Waals surface area contributed by atoms with Gasteiger partial charge in [-0.25, -0.2) is 4.39 Å². The van der Waals surface area contributed by atoms with Gasteiger partial charge in [0.15, 0.2) is 11.6 Å². The molecule has 2 aromatic carbocycles. The van der Waals surface area contributed by atoms with E-state index in [0.29, 0.717) is 13.0 Å². The van der Waals surface area contributed by atoms with E-state index in [-0.39, 0.29) is 18.2 Å². The predicted octanol–water partition coefficient (Wildman–Crippen LogP) is 3.68. The maximum absolute atomic E-state index is 13.9. The SMILES string of the molecule is COc1ccc(COc2c(F)cccc2CCN)cc1Br. The maximum Gasteiger partial charge on any atom is 0.165 e. The van der Waals surface area contributed by atoms with E-state index in [1.54, 1.807) is 13.2 Å². The zero-order valence-electron chi connectivity index (χ0n) is 11.7. The average molecular weight is 354 g/mol. The third-order valence-electron chi connectivity index (χ3n) is 3.06. The van der Waals surface area contributed by atoms with Gasteiger partial charge in [0.1, 0.15) is 12.4 Å². The van der Waals surface area contributed by atoms with Gasteiger partial charge in [0.25, 0.3) is 0 Å². The fraction of sp³-hybridized carbons (Fsp3) is 0.250. The Labute approximate surface area is 132 Å². The lowest BCUT2D eigenvalue weighted by Gasteiger charge is -2.13. The van der Waals surface area contributed by atoms with Gasteiger partial charge < -0.3 is 15.2 Å². The lowest BCUT2D eigenvalue weighted by Crippen LogP contribution is -2.06. The monoisotopic (exact) mass is 353 g/mol. The van der Waals surface area contributed by atoms with Crippen LogP contribution in [0.5, 0.6) is 11.5 Å². The third-order valence-corrected chi connectivity index (χ3v) is 3.68. The largest absolute Gasteiger partial charge is 0.496 e. The van der Waals surface area contributed by atoms with Crippen LogP contribution in [0.15, 0.2) is 40.9 Å². The molecular formula is C16H17BrFNO2. The van der Waals surface area contributed by atoms with Crippen LogP contribution in [0.2, 0.25) is 0 Å². The third kappa shape index (κ3) is 3.95. The molecule has 0 fully saturated rings. The van der Waals surface area contributed by atoms with E-state index < -0.39 is 0 Å². The number of para-hydroxylation sites is 1. The molecule has 0 saturated heterocycles. The number of hydrogen-bond acceptors (Lipinski definition) is 3. The Morgan fingerprint density at radius 3 is 2.71 bits per heavy atom. The first-order chi connectivity index (χ1) is 10.2. The highest BCUT2D eigenvalue weighted by molar-refractivity contribution is 9.10. The standard InChI is InChI=1S/C16H17BrFNO2/c1-20-15-6-5-11(9-13(15)17)10-21-16-12(7-8-19)3-2-4-14(16)18/h2-6,9H,7-8,10,19H2,1H3. The lowest BCUT2D eigenvalue weighted by atomic mass is 10.1. The normalized spacial score (nSPS) is 10.5. The van der Waals surface area contributed by atoms with Crippen LogP contribution in [0, 0.1) is 5.82 Å². The van der Waals surface area contributed by atoms with Crippen molar-refractivity contribution in [2.24, 2.45) is 5.73 Å². The van der Waals surface area contributed by atoms with Gasteiger partial charge in [0.2, 0.25) is 0 Å². The Morgan fingerprint density at radius 1 is 1.24 bits per heavy atom. The van der Waals surface area contributed by atoms with E-state index in [4.69, 9.17) is 15.2 Å². The second kappa shape index (κ2) is 7.43. The minimum absolute atomic E-state index is 0.273. The van der Waals surface area contributed by atoms with Crippen LogP contribution >= 0.6 is 15.9 Å². The molecular weight excluding hydrogens is 337 g/mol. The van der Waals surface area contributed by atoms with Crippen molar-refractivity contribution in [1.29, 1.82) is 0 Å². The second-order valence-electron chi connectivity index (χ2n) is 4.52. The molecule has 0 bridgehead atoms. The van der Waals surface area contributed by atoms with Gasteiger partial charge in [-0.1, -0.05) is 18.2 Å². The van der Waals surface area contributed by atoms with Gasteiger partial charge in [-0.15, -0.1) is 0 Å². The fourth-order valence-corrected chi connectivity index (χ4v) is 2.61. The van der Waals surface area contributed by atoms with Gasteiger partial charge >= 0.3 is 0 Å². The van der Waals surface area contributed by atoms with Crippen LogP contribution in [0.1, 0.15) is 11.1 Å². The maximum atomic E-state index is 13.9. The predicted molar refractivity (Wildman–Crippen MR) is 84.2 cm³/mol. The highest BCUT2D eigenvalue weighted by atomic mass is 79.9. The summed E-state index contributed by atoms with van der Waals surface area (Å²) in [7, 11) is 1.61. The first-order valence-corrected chi connectivity index (χ1v) is 7.37. The topological polar surface area (TPSA) is 44.5 Å². The summed E-state index contributed by atoms with van der Waals surface area (Å²) in [6.45, 7) is 0.731. The Morgan fingerprint density at radius 2 is 2.05 bits per heavy atom. The number of benzene rings is 2. The molecule has 0 heterocycles. The number of nitrogens with two attached hydrogens (primary N) is 1. The lowest BCUT2D eigenvalue weighted by molar-refractivity contribution is 0.286. The summed E-state index contributed by atoms with van der Waals surface area (Å²) in [4.78, 5) is 0. The smallest absolute Gasteiger partial charge is 0.165 e. The van der Waals surface area contributed by atoms with E-state index in [0.717, 1.165) is 21.3 Å². The molecule has 0 saturated carbocycles. The molecule has 0 spiro atoms. The van der Waals surface area contributed by atoms with E-state index in [2.05, 4.69) is 15.9 Å². The van der Waals surface area contributed by atoms with Gasteiger partial charge in [-0.2, -0.15) is 0 Å². The van der Waals surface area contributed by atoms with E-state index in [1.165, 1.54) is 6.07 Å². The van der Waals surface area contributed by atoms with Gasteiger partial charge in [0.05, 0.1) is 11.6 Å². The van der Waals surface area contributed by atoms with Crippen molar-refractivity contribution in [2.75, 3.05) is 13.7 Å². The molecule has 2 aromatic rings. The first kappa shape index (κ1) is 15.8. The molecule has 21 heavy (non-hydrogen) atoms. The van der Waals surface area contributed by atoms with Crippen LogP contribution in [-0.4, -0.2) is 13.7 Å². The van der Waals surface area contributed by atoms with Gasteiger partial charge in [-0.3, -0.25) is 0 Å². The summed E-state index contributed by atoms with van der Waals surface area (Å²) in [6, 6.07) is 10.5. The number of hydrogen-bond donors (Lipinski definition) is 1. The minimum atomic E-state index is -0.367. The molecule has 0 aromatic heterocycles. The van der Waals surface area contributed by atoms with Crippen molar-refractivity contribution >= 4 is 15.9 Å². The fourth-order valence-electron chi connectivity index (χ4n) is 2.02. The number of halogens is 2. The number of rotatable bonds is 6. The second-order valence-corrected chi connectivity index (χ2v) is 5.38. The van der Waals surface area contributed by atoms with Crippen LogP contribution in [0.25, 0.3) is 0 Å². The summed E-state index contributed by atoms with van der Waals surface area (Å²) in [5, 5.41) is 0. The van der Waals surface area contributed by atoms with Crippen molar-refractivity contribution in [2.45, 2.75) is 13.0 Å². The molecule has 0 unspecified atom stereocenters. The zero-order chi connectivity index (χ0) is 15.2. The van der Waals surface area contributed by atoms with Crippen molar-refractivity contribution < 1.29 is 13.9 Å². The molecule has 0 aliphatic rings. The summed E-state index contributed by atoms with van der Waals surface area (Å²) in [5.74, 6) is 0.650. The minimum Gasteiger partial charge on any atom is -0.496 e. The van der Waals surface area contributed by atoms with Crippen LogP contribution < -0.4 is 15.2 Å². The van der Waals surface area contributed by atoms with E-state index in [1.807, 2.05) is 24.3 Å². The van der Waals surface area contributed by atoms with Crippen LogP contribution in [0.4, 0.5) is 4.39 Å². The van der Waals surface area contributed by atoms with Crippen molar-refractivity contribution in [3.05, 3.63) is 57.8 Å². The molecule has 0 amide bonds. The molecule has 0 aliphatic carbocycles. The number of ether oxygens (including phenoxy) is 2. The van der Waals surface area contributed by atoms with E-state index >= 15 is 0 Å². The zero-order valence-corrected chi connectivity index (χ0v) is 13.3. The van der Waals surface area contributed by atoms with Crippen molar-refractivity contribution in [1.82, 2.24) is 0 Å². The highest BCUT2D eigenvalue weighted by Crippen LogP contribution is 2.27.